The topological polar surface area (TPSA) is 121 Å². The molecule has 0 aliphatic heterocycles. The zero-order valence-corrected chi connectivity index (χ0v) is 23.9. The zero-order valence-electron chi connectivity index (χ0n) is 20.4. The van der Waals surface area contributed by atoms with Crippen molar-refractivity contribution in [3.8, 4) is 0 Å². The summed E-state index contributed by atoms with van der Waals surface area (Å²) in [5.41, 5.74) is 6.09. The molecule has 0 aromatic heterocycles. The molecule has 0 unspecified atom stereocenters. The van der Waals surface area contributed by atoms with Crippen LogP contribution in [0.25, 0.3) is 0 Å². The van der Waals surface area contributed by atoms with Gasteiger partial charge in [0.15, 0.2) is 0 Å². The van der Waals surface area contributed by atoms with Gasteiger partial charge in [0.05, 0.1) is 0 Å². The van der Waals surface area contributed by atoms with Gasteiger partial charge in [-0.2, -0.15) is 0 Å². The van der Waals surface area contributed by atoms with E-state index in [2.05, 4.69) is 98.1 Å². The summed E-state index contributed by atoms with van der Waals surface area (Å²) in [5, 5.41) is 34.0. The Bertz CT molecular complexity index is 1120. The number of hydrogen-bond donors (Lipinski definition) is 2. The Hall–Kier alpha value is -3.71. The van der Waals surface area contributed by atoms with Crippen LogP contribution in [0.4, 0.5) is 0 Å². The molecule has 0 heterocycles. The number of carboxylic acid groups (broad SMARTS) is 2. The maximum atomic E-state index is 9.24. The summed E-state index contributed by atoms with van der Waals surface area (Å²) in [6, 6.07) is 21.8. The van der Waals surface area contributed by atoms with Gasteiger partial charge >= 0.3 is 162 Å². The van der Waals surface area contributed by atoms with Crippen LogP contribution in [0.15, 0.2) is 127 Å². The Morgan fingerprint density at radius 3 is 1.32 bits per heavy atom. The molecule has 2 aliphatic carbocycles. The normalized spacial score (nSPS) is 13.2. The summed E-state index contributed by atoms with van der Waals surface area (Å²) < 4.78 is 3.60. The van der Waals surface area contributed by atoms with Crippen molar-refractivity contribution in [3.63, 3.8) is 0 Å². The van der Waals surface area contributed by atoms with Gasteiger partial charge < -0.3 is 30.0 Å². The van der Waals surface area contributed by atoms with Crippen molar-refractivity contribution in [2.24, 2.45) is 0 Å². The first kappa shape index (κ1) is 29.5. The van der Waals surface area contributed by atoms with Crippen LogP contribution in [0.5, 0.6) is 0 Å². The van der Waals surface area contributed by atoms with E-state index in [-0.39, 0.29) is 0 Å². The van der Waals surface area contributed by atoms with Crippen LogP contribution in [-0.4, -0.2) is 22.2 Å². The number of carbonyl (C=O) groups excluding carboxylic acids is 2. The fourth-order valence-electron chi connectivity index (χ4n) is 3.51. The van der Waals surface area contributed by atoms with E-state index in [0.717, 1.165) is 12.8 Å². The van der Waals surface area contributed by atoms with Gasteiger partial charge in [0.2, 0.25) is 0 Å². The number of aliphatic hydroxyl groups excluding tert-OH is 2. The molecule has 0 saturated heterocycles. The summed E-state index contributed by atoms with van der Waals surface area (Å²) >= 11 is -0.911. The molecule has 0 spiro atoms. The van der Waals surface area contributed by atoms with E-state index in [1.807, 2.05) is 0 Å². The first-order chi connectivity index (χ1) is 17.7. The first-order valence-electron chi connectivity index (χ1n) is 11.5. The molecule has 37 heavy (non-hydrogen) atoms. The van der Waals surface area contributed by atoms with E-state index in [1.54, 1.807) is 17.8 Å². The SMILES string of the molecule is C1=CC(Cc2ccccc2)=[C]([Hf+2][C]2=C(Cc3ccccc3)C=CC2)C1.C=C(O)C(=O)[O-].C=C(O)C(=O)[O-]. The van der Waals surface area contributed by atoms with E-state index in [4.69, 9.17) is 10.2 Å². The fraction of sp³-hybridized carbons (Fsp3) is 0.133. The number of aliphatic carboxylic acids is 2. The van der Waals surface area contributed by atoms with Crippen molar-refractivity contribution in [2.45, 2.75) is 25.7 Å². The van der Waals surface area contributed by atoms with Gasteiger partial charge in [0.25, 0.3) is 0 Å². The molecule has 0 radical (unpaired) electrons. The second-order valence-electron chi connectivity index (χ2n) is 8.14. The Kier molecular flexibility index (Phi) is 12.3. The average Bonchev–Trinajstić information content (AvgIpc) is 3.50. The minimum Gasteiger partial charge on any atom is -0.542 e. The molecular formula is C30H28HfO6. The molecule has 2 aliphatic rings. The van der Waals surface area contributed by atoms with Gasteiger partial charge in [-0.05, 0) is 0 Å². The molecular weight excluding hydrogens is 635 g/mol. The van der Waals surface area contributed by atoms with Gasteiger partial charge in [-0.15, -0.1) is 0 Å². The number of benzene rings is 2. The number of carbonyl (C=O) groups is 2. The fourth-order valence-corrected chi connectivity index (χ4v) is 8.79. The van der Waals surface area contributed by atoms with Crippen LogP contribution in [-0.2, 0) is 45.3 Å². The molecule has 0 atom stereocenters. The largest absolute Gasteiger partial charge is 0.542 e. The van der Waals surface area contributed by atoms with Crippen LogP contribution >= 0.6 is 0 Å². The van der Waals surface area contributed by atoms with Gasteiger partial charge in [-0.25, -0.2) is 0 Å². The second-order valence-corrected chi connectivity index (χ2v) is 13.4. The van der Waals surface area contributed by atoms with E-state index < -0.39 is 46.4 Å². The van der Waals surface area contributed by atoms with E-state index >= 15 is 0 Å². The Labute approximate surface area is 228 Å². The van der Waals surface area contributed by atoms with Crippen molar-refractivity contribution >= 4 is 11.9 Å². The van der Waals surface area contributed by atoms with E-state index in [1.165, 1.54) is 24.0 Å². The standard InChI is InChI=1S/2C12H11.2C3H4O3.Hf/c2*1-2-6-11(7-3-1)10-12-8-4-5-9-12;2*1-2(4)3(5)6;/h2*1-4,6-8H,5,10H2;2*4H,1H2,(H,5,6);/q;;;;+2/p-2. The third kappa shape index (κ3) is 10.8. The predicted octanol–water partition coefficient (Wildman–Crippen LogP) is 3.60. The maximum absolute atomic E-state index is 9.24. The average molecular weight is 663 g/mol. The quantitative estimate of drug-likeness (QED) is 0.253. The summed E-state index contributed by atoms with van der Waals surface area (Å²) in [6.45, 7) is 5.30. The maximum Gasteiger partial charge on any atom is 0.131 e. The molecule has 0 saturated carbocycles. The number of aliphatic hydroxyl groups is 2. The molecule has 4 rings (SSSR count). The Balaban J connectivity index is 0.000000336. The summed E-state index contributed by atoms with van der Waals surface area (Å²) in [6.07, 6.45) is 14.1. The molecule has 0 amide bonds. The summed E-state index contributed by atoms with van der Waals surface area (Å²) in [4.78, 5) is 18.5. The third-order valence-corrected chi connectivity index (χ3v) is 11.2. The molecule has 2 aromatic carbocycles. The van der Waals surface area contributed by atoms with Crippen LogP contribution in [0.2, 0.25) is 0 Å². The van der Waals surface area contributed by atoms with Crippen LogP contribution in [0, 0.1) is 0 Å². The number of hydrogen-bond acceptors (Lipinski definition) is 6. The van der Waals surface area contributed by atoms with Gasteiger partial charge in [-0.1, -0.05) is 13.2 Å². The molecule has 2 N–H and O–H groups in total. The van der Waals surface area contributed by atoms with Crippen LogP contribution in [0.1, 0.15) is 24.0 Å². The summed E-state index contributed by atoms with van der Waals surface area (Å²) in [5.74, 6) is -5.13. The monoisotopic (exact) mass is 664 g/mol. The second kappa shape index (κ2) is 15.4. The van der Waals surface area contributed by atoms with Gasteiger partial charge in [0, 0.05) is 0 Å². The molecule has 188 valence electrons. The molecule has 0 fully saturated rings. The van der Waals surface area contributed by atoms with Crippen molar-refractivity contribution < 1.29 is 52.9 Å². The minimum atomic E-state index is -1.63. The Morgan fingerprint density at radius 1 is 0.703 bits per heavy atom. The van der Waals surface area contributed by atoms with Crippen molar-refractivity contribution in [1.29, 1.82) is 0 Å². The van der Waals surface area contributed by atoms with Crippen LogP contribution < -0.4 is 10.2 Å². The third-order valence-electron chi connectivity index (χ3n) is 5.31. The number of allylic oxidation sites excluding steroid dienone is 8. The first-order valence-corrected chi connectivity index (χ1v) is 15.1. The van der Waals surface area contributed by atoms with E-state index in [9.17, 15) is 19.8 Å². The smallest absolute Gasteiger partial charge is 0.131 e. The van der Waals surface area contributed by atoms with Crippen LogP contribution in [0.3, 0.4) is 0 Å². The summed E-state index contributed by atoms with van der Waals surface area (Å²) in [7, 11) is 0. The molecule has 6 nitrogen and oxygen atoms in total. The number of rotatable bonds is 8. The molecule has 0 bridgehead atoms. The molecule has 2 aromatic rings. The number of carboxylic acids is 2. The van der Waals surface area contributed by atoms with Gasteiger partial charge in [-0.3, -0.25) is 0 Å². The van der Waals surface area contributed by atoms with Crippen molar-refractivity contribution in [2.75, 3.05) is 0 Å². The Morgan fingerprint density at radius 2 is 1.03 bits per heavy atom. The molecule has 7 heteroatoms. The van der Waals surface area contributed by atoms with Gasteiger partial charge in [0.1, 0.15) is 23.5 Å². The van der Waals surface area contributed by atoms with Crippen molar-refractivity contribution in [3.05, 3.63) is 139 Å². The van der Waals surface area contributed by atoms with E-state index in [0.29, 0.717) is 0 Å². The predicted molar refractivity (Wildman–Crippen MR) is 135 cm³/mol. The van der Waals surface area contributed by atoms with Crippen molar-refractivity contribution in [1.82, 2.24) is 0 Å². The zero-order chi connectivity index (χ0) is 27.2. The minimum absolute atomic E-state index is 0.911.